The SMILES string of the molecule is Cc1c(-c2cc(Sc3ccccc3C#N)c3c(C#N)cnn3c2)cnn1[C@H]1CC[C@H](O)CC1. The number of aliphatic hydroxyl groups excluding tert-OH is 1. The van der Waals surface area contributed by atoms with E-state index in [9.17, 15) is 15.6 Å². The third-order valence-corrected chi connectivity index (χ3v) is 7.40. The number of hydrogen-bond acceptors (Lipinski definition) is 6. The maximum absolute atomic E-state index is 9.85. The van der Waals surface area contributed by atoms with Crippen molar-refractivity contribution in [1.82, 2.24) is 19.4 Å². The summed E-state index contributed by atoms with van der Waals surface area (Å²) in [6.45, 7) is 2.07. The van der Waals surface area contributed by atoms with Gasteiger partial charge in [0.05, 0.1) is 41.2 Å². The zero-order valence-corrected chi connectivity index (χ0v) is 19.0. The molecule has 3 aromatic heterocycles. The largest absolute Gasteiger partial charge is 0.393 e. The molecule has 0 atom stereocenters. The van der Waals surface area contributed by atoms with Gasteiger partial charge in [0.25, 0.3) is 0 Å². The highest BCUT2D eigenvalue weighted by Gasteiger charge is 2.24. The second kappa shape index (κ2) is 8.74. The van der Waals surface area contributed by atoms with Crippen molar-refractivity contribution < 1.29 is 5.11 Å². The van der Waals surface area contributed by atoms with Crippen molar-refractivity contribution in [1.29, 1.82) is 10.5 Å². The molecule has 4 aromatic rings. The number of hydrogen-bond donors (Lipinski definition) is 1. The third-order valence-electron chi connectivity index (χ3n) is 6.29. The summed E-state index contributed by atoms with van der Waals surface area (Å²) in [5, 5.41) is 38.1. The molecule has 1 fully saturated rings. The van der Waals surface area contributed by atoms with Gasteiger partial charge >= 0.3 is 0 Å². The van der Waals surface area contributed by atoms with Crippen molar-refractivity contribution in [3.05, 3.63) is 65.7 Å². The fourth-order valence-electron chi connectivity index (χ4n) is 4.54. The van der Waals surface area contributed by atoms with Crippen molar-refractivity contribution >= 4 is 17.3 Å². The summed E-state index contributed by atoms with van der Waals surface area (Å²) in [7, 11) is 0. The quantitative estimate of drug-likeness (QED) is 0.472. The Kier molecular flexibility index (Phi) is 5.63. The van der Waals surface area contributed by atoms with Crippen LogP contribution in [0.5, 0.6) is 0 Å². The lowest BCUT2D eigenvalue weighted by molar-refractivity contribution is 0.107. The molecule has 0 spiro atoms. The number of nitrogens with zero attached hydrogens (tertiary/aromatic N) is 6. The van der Waals surface area contributed by atoms with Crippen LogP contribution < -0.4 is 0 Å². The Balaban J connectivity index is 1.60. The molecular formula is C25H22N6OS. The second-order valence-corrected chi connectivity index (χ2v) is 9.40. The first kappa shape index (κ1) is 21.3. The molecule has 3 heterocycles. The summed E-state index contributed by atoms with van der Waals surface area (Å²) < 4.78 is 3.81. The first-order chi connectivity index (χ1) is 16.1. The normalized spacial score (nSPS) is 18.2. The molecule has 1 N–H and O–H groups in total. The maximum Gasteiger partial charge on any atom is 0.103 e. The van der Waals surface area contributed by atoms with Gasteiger partial charge in [0.2, 0.25) is 0 Å². The molecule has 33 heavy (non-hydrogen) atoms. The van der Waals surface area contributed by atoms with Crippen LogP contribution >= 0.6 is 11.8 Å². The van der Waals surface area contributed by atoms with Crippen LogP contribution in [0.3, 0.4) is 0 Å². The van der Waals surface area contributed by atoms with Crippen molar-refractivity contribution in [3.8, 4) is 23.3 Å². The van der Waals surface area contributed by atoms with Crippen LogP contribution in [0.2, 0.25) is 0 Å². The van der Waals surface area contributed by atoms with Gasteiger partial charge in [-0.1, -0.05) is 23.9 Å². The molecule has 1 aliphatic carbocycles. The van der Waals surface area contributed by atoms with Crippen LogP contribution in [-0.2, 0) is 0 Å². The van der Waals surface area contributed by atoms with Gasteiger partial charge in [-0.15, -0.1) is 0 Å². The zero-order chi connectivity index (χ0) is 22.9. The molecular weight excluding hydrogens is 432 g/mol. The molecule has 5 rings (SSSR count). The molecule has 0 bridgehead atoms. The number of rotatable bonds is 4. The summed E-state index contributed by atoms with van der Waals surface area (Å²) in [6, 6.07) is 14.3. The molecule has 0 radical (unpaired) electrons. The lowest BCUT2D eigenvalue weighted by Crippen LogP contribution is -2.22. The van der Waals surface area contributed by atoms with E-state index in [1.165, 1.54) is 11.8 Å². The average Bonchev–Trinajstić information content (AvgIpc) is 3.43. The summed E-state index contributed by atoms with van der Waals surface area (Å²) in [4.78, 5) is 1.69. The van der Waals surface area contributed by atoms with Crippen LogP contribution in [-0.4, -0.2) is 30.6 Å². The third kappa shape index (κ3) is 3.89. The van der Waals surface area contributed by atoms with E-state index >= 15 is 0 Å². The first-order valence-electron chi connectivity index (χ1n) is 10.9. The molecule has 164 valence electrons. The molecule has 8 heteroatoms. The van der Waals surface area contributed by atoms with E-state index in [0.29, 0.717) is 11.1 Å². The Hall–Kier alpha value is -3.59. The molecule has 0 amide bonds. The predicted octanol–water partition coefficient (Wildman–Crippen LogP) is 4.88. The summed E-state index contributed by atoms with van der Waals surface area (Å²) in [5.41, 5.74) is 4.83. The summed E-state index contributed by atoms with van der Waals surface area (Å²) in [5.74, 6) is 0. The van der Waals surface area contributed by atoms with E-state index in [0.717, 1.165) is 57.8 Å². The smallest absolute Gasteiger partial charge is 0.103 e. The van der Waals surface area contributed by atoms with E-state index in [1.54, 1.807) is 16.8 Å². The van der Waals surface area contributed by atoms with Crippen molar-refractivity contribution in [2.45, 2.75) is 54.5 Å². The minimum absolute atomic E-state index is 0.205. The highest BCUT2D eigenvalue weighted by atomic mass is 32.2. The van der Waals surface area contributed by atoms with E-state index in [-0.39, 0.29) is 12.1 Å². The van der Waals surface area contributed by atoms with Crippen molar-refractivity contribution in [2.24, 2.45) is 0 Å². The highest BCUT2D eigenvalue weighted by Crippen LogP contribution is 2.38. The summed E-state index contributed by atoms with van der Waals surface area (Å²) in [6.07, 6.45) is 8.61. The lowest BCUT2D eigenvalue weighted by atomic mass is 9.93. The summed E-state index contributed by atoms with van der Waals surface area (Å²) >= 11 is 1.46. The van der Waals surface area contributed by atoms with Crippen LogP contribution in [0.1, 0.15) is 48.5 Å². The minimum atomic E-state index is -0.205. The van der Waals surface area contributed by atoms with E-state index in [4.69, 9.17) is 0 Å². The Morgan fingerprint density at radius 1 is 1.00 bits per heavy atom. The molecule has 7 nitrogen and oxygen atoms in total. The minimum Gasteiger partial charge on any atom is -0.393 e. The Labute approximate surface area is 195 Å². The lowest BCUT2D eigenvalue weighted by Gasteiger charge is -2.26. The molecule has 0 aliphatic heterocycles. The van der Waals surface area contributed by atoms with E-state index < -0.39 is 0 Å². The Bertz CT molecular complexity index is 1420. The second-order valence-electron chi connectivity index (χ2n) is 8.32. The van der Waals surface area contributed by atoms with Gasteiger partial charge in [-0.2, -0.15) is 20.7 Å². The van der Waals surface area contributed by atoms with Gasteiger partial charge in [0, 0.05) is 32.8 Å². The highest BCUT2D eigenvalue weighted by molar-refractivity contribution is 7.99. The predicted molar refractivity (Wildman–Crippen MR) is 125 cm³/mol. The number of benzene rings is 1. The number of nitriles is 2. The standard InChI is InChI=1S/C25H22N6OS/c1-16-22(14-29-31(16)20-6-8-21(32)9-7-20)18-10-24(25-19(12-27)13-28-30(25)15-18)33-23-5-3-2-4-17(23)11-26/h2-5,10,13-15,20-21,32H,6-9H2,1H3/t20-,21-. The monoisotopic (exact) mass is 454 g/mol. The van der Waals surface area contributed by atoms with Gasteiger partial charge in [-0.05, 0) is 50.8 Å². The van der Waals surface area contributed by atoms with E-state index in [1.807, 2.05) is 30.6 Å². The fraction of sp³-hybridized carbons (Fsp3) is 0.280. The first-order valence-corrected chi connectivity index (χ1v) is 11.7. The van der Waals surface area contributed by atoms with E-state index in [2.05, 4.69) is 40.0 Å². The molecule has 0 saturated heterocycles. The maximum atomic E-state index is 9.85. The van der Waals surface area contributed by atoms with Gasteiger partial charge in [-0.25, -0.2) is 4.52 Å². The van der Waals surface area contributed by atoms with Crippen LogP contribution in [0.4, 0.5) is 0 Å². The van der Waals surface area contributed by atoms with Gasteiger partial charge in [0.1, 0.15) is 12.1 Å². The Morgan fingerprint density at radius 2 is 1.76 bits per heavy atom. The fourth-order valence-corrected chi connectivity index (χ4v) is 5.63. The van der Waals surface area contributed by atoms with Crippen molar-refractivity contribution in [3.63, 3.8) is 0 Å². The van der Waals surface area contributed by atoms with Crippen LogP contribution in [0, 0.1) is 29.6 Å². The average molecular weight is 455 g/mol. The van der Waals surface area contributed by atoms with Gasteiger partial charge < -0.3 is 5.11 Å². The number of aromatic nitrogens is 4. The Morgan fingerprint density at radius 3 is 2.52 bits per heavy atom. The molecule has 1 aromatic carbocycles. The number of fused-ring (bicyclic) bond motifs is 1. The topological polar surface area (TPSA) is 103 Å². The van der Waals surface area contributed by atoms with Gasteiger partial charge in [-0.3, -0.25) is 4.68 Å². The van der Waals surface area contributed by atoms with Gasteiger partial charge in [0.15, 0.2) is 0 Å². The number of aliphatic hydroxyl groups is 1. The molecule has 1 saturated carbocycles. The van der Waals surface area contributed by atoms with Crippen LogP contribution in [0.15, 0.2) is 58.7 Å². The molecule has 0 unspecified atom stereocenters. The molecule has 1 aliphatic rings. The van der Waals surface area contributed by atoms with Crippen LogP contribution in [0.25, 0.3) is 16.6 Å². The van der Waals surface area contributed by atoms with Crippen molar-refractivity contribution in [2.75, 3.05) is 0 Å². The number of pyridine rings is 1. The zero-order valence-electron chi connectivity index (χ0n) is 18.1.